The Bertz CT molecular complexity index is 808. The molecule has 1 heterocycles. The van der Waals surface area contributed by atoms with E-state index in [0.717, 1.165) is 30.5 Å². The van der Waals surface area contributed by atoms with Crippen LogP contribution in [0.2, 0.25) is 0 Å². The normalized spacial score (nSPS) is 18.5. The highest BCUT2D eigenvalue weighted by Gasteiger charge is 2.35. The van der Waals surface area contributed by atoms with E-state index < -0.39 is 21.5 Å². The number of aryl methyl sites for hydroxylation is 1. The van der Waals surface area contributed by atoms with Crippen molar-refractivity contribution in [3.63, 3.8) is 0 Å². The summed E-state index contributed by atoms with van der Waals surface area (Å²) in [6.45, 7) is 0. The van der Waals surface area contributed by atoms with Gasteiger partial charge in [-0.3, -0.25) is 0 Å². The molecule has 3 N–H and O–H groups in total. The number of sulfone groups is 1. The molecule has 1 saturated carbocycles. The molecule has 1 aromatic carbocycles. The number of hydrogen-bond donors (Lipinski definition) is 3. The number of rotatable bonds is 7. The van der Waals surface area contributed by atoms with Gasteiger partial charge in [-0.15, -0.1) is 0 Å². The molecule has 1 unspecified atom stereocenters. The SMILES string of the molecule is O=S(=O)(CC1(O)CCCCC1)c1cccc(CCC(O)c2ccc[nH]2)c1. The van der Waals surface area contributed by atoms with Gasteiger partial charge in [0.2, 0.25) is 0 Å². The van der Waals surface area contributed by atoms with Gasteiger partial charge in [-0.05, 0) is 55.5 Å². The van der Waals surface area contributed by atoms with Crippen molar-refractivity contribution in [1.29, 1.82) is 0 Å². The first-order valence-corrected chi connectivity index (χ1v) is 10.9. The minimum Gasteiger partial charge on any atom is -0.389 e. The first-order chi connectivity index (χ1) is 12.4. The van der Waals surface area contributed by atoms with Crippen LogP contribution in [-0.2, 0) is 16.3 Å². The summed E-state index contributed by atoms with van der Waals surface area (Å²) in [6, 6.07) is 10.5. The third kappa shape index (κ3) is 4.75. The Balaban J connectivity index is 1.67. The summed E-state index contributed by atoms with van der Waals surface area (Å²) in [4.78, 5) is 3.24. The molecule has 5 nitrogen and oxygen atoms in total. The van der Waals surface area contributed by atoms with Crippen LogP contribution in [0.4, 0.5) is 0 Å². The average molecular weight is 378 g/mol. The van der Waals surface area contributed by atoms with Crippen LogP contribution in [0.5, 0.6) is 0 Å². The molecule has 3 rings (SSSR count). The maximum atomic E-state index is 12.8. The van der Waals surface area contributed by atoms with E-state index in [4.69, 9.17) is 0 Å². The second-order valence-corrected chi connectivity index (χ2v) is 9.36. The van der Waals surface area contributed by atoms with Crippen LogP contribution < -0.4 is 0 Å². The van der Waals surface area contributed by atoms with E-state index in [0.29, 0.717) is 25.7 Å². The smallest absolute Gasteiger partial charge is 0.181 e. The van der Waals surface area contributed by atoms with Crippen molar-refractivity contribution >= 4 is 9.84 Å². The van der Waals surface area contributed by atoms with Crippen LogP contribution in [0.3, 0.4) is 0 Å². The standard InChI is InChI=1S/C20H27NO4S/c22-19(18-8-5-13-21-18)10-9-16-6-4-7-17(14-16)26(24,25)15-20(23)11-2-1-3-12-20/h4-8,13-14,19,21-23H,1-3,9-12,15H2. The third-order valence-electron chi connectivity index (χ3n) is 5.19. The van der Waals surface area contributed by atoms with Crippen molar-refractivity contribution in [3.05, 3.63) is 53.9 Å². The van der Waals surface area contributed by atoms with Gasteiger partial charge in [0.1, 0.15) is 0 Å². The summed E-state index contributed by atoms with van der Waals surface area (Å²) in [5.41, 5.74) is 0.525. The number of aliphatic hydroxyl groups is 2. The summed E-state index contributed by atoms with van der Waals surface area (Å²) < 4.78 is 25.5. The third-order valence-corrected chi connectivity index (χ3v) is 7.08. The molecule has 0 aliphatic heterocycles. The fraction of sp³-hybridized carbons (Fsp3) is 0.500. The van der Waals surface area contributed by atoms with Gasteiger partial charge < -0.3 is 15.2 Å². The molecule has 1 aliphatic rings. The molecule has 0 radical (unpaired) electrons. The highest BCUT2D eigenvalue weighted by Crippen LogP contribution is 2.31. The molecule has 1 aliphatic carbocycles. The van der Waals surface area contributed by atoms with Gasteiger partial charge in [-0.1, -0.05) is 31.4 Å². The number of hydrogen-bond acceptors (Lipinski definition) is 4. The molecular formula is C20H27NO4S. The lowest BCUT2D eigenvalue weighted by atomic mass is 9.86. The fourth-order valence-electron chi connectivity index (χ4n) is 3.70. The zero-order chi connectivity index (χ0) is 18.6. The Kier molecular flexibility index (Phi) is 5.85. The number of nitrogens with one attached hydrogen (secondary N) is 1. The lowest BCUT2D eigenvalue weighted by Crippen LogP contribution is -2.39. The van der Waals surface area contributed by atoms with Gasteiger partial charge >= 0.3 is 0 Å². The van der Waals surface area contributed by atoms with Gasteiger partial charge in [0.15, 0.2) is 9.84 Å². The van der Waals surface area contributed by atoms with Crippen LogP contribution in [0.25, 0.3) is 0 Å². The predicted molar refractivity (Wildman–Crippen MR) is 101 cm³/mol. The molecule has 0 amide bonds. The monoisotopic (exact) mass is 377 g/mol. The number of aromatic nitrogens is 1. The number of aliphatic hydroxyl groups excluding tert-OH is 1. The van der Waals surface area contributed by atoms with Crippen LogP contribution in [0, 0.1) is 0 Å². The van der Waals surface area contributed by atoms with Crippen LogP contribution in [-0.4, -0.2) is 35.0 Å². The molecular weight excluding hydrogens is 350 g/mol. The topological polar surface area (TPSA) is 90.4 Å². The highest BCUT2D eigenvalue weighted by molar-refractivity contribution is 7.91. The Morgan fingerprint density at radius 3 is 2.58 bits per heavy atom. The molecule has 142 valence electrons. The van der Waals surface area contributed by atoms with Crippen LogP contribution in [0.15, 0.2) is 47.5 Å². The maximum Gasteiger partial charge on any atom is 0.181 e. The van der Waals surface area contributed by atoms with Crippen molar-refractivity contribution in [2.24, 2.45) is 0 Å². The van der Waals surface area contributed by atoms with E-state index in [1.165, 1.54) is 0 Å². The fourth-order valence-corrected chi connectivity index (χ4v) is 5.48. The molecule has 1 fully saturated rings. The zero-order valence-electron chi connectivity index (χ0n) is 14.9. The number of aromatic amines is 1. The molecule has 26 heavy (non-hydrogen) atoms. The number of H-pyrrole nitrogens is 1. The highest BCUT2D eigenvalue weighted by atomic mass is 32.2. The molecule has 2 aromatic rings. The molecule has 1 atom stereocenters. The summed E-state index contributed by atoms with van der Waals surface area (Å²) in [5.74, 6) is -0.214. The Morgan fingerprint density at radius 1 is 1.12 bits per heavy atom. The maximum absolute atomic E-state index is 12.8. The van der Waals surface area contributed by atoms with E-state index in [2.05, 4.69) is 4.98 Å². The Hall–Kier alpha value is -1.63. The van der Waals surface area contributed by atoms with E-state index >= 15 is 0 Å². The predicted octanol–water partition coefficient (Wildman–Crippen LogP) is 3.15. The molecule has 0 bridgehead atoms. The first kappa shape index (κ1) is 19.1. The molecule has 6 heteroatoms. The Labute approximate surface area is 155 Å². The van der Waals surface area contributed by atoms with Crippen LogP contribution in [0.1, 0.15) is 55.9 Å². The average Bonchev–Trinajstić information content (AvgIpc) is 3.14. The van der Waals surface area contributed by atoms with Crippen LogP contribution >= 0.6 is 0 Å². The van der Waals surface area contributed by atoms with Crippen molar-refractivity contribution in [2.45, 2.75) is 61.5 Å². The zero-order valence-corrected chi connectivity index (χ0v) is 15.7. The molecule has 1 aromatic heterocycles. The number of benzene rings is 1. The first-order valence-electron chi connectivity index (χ1n) is 9.23. The minimum atomic E-state index is -3.54. The minimum absolute atomic E-state index is 0.214. The molecule has 0 saturated heterocycles. The van der Waals surface area contributed by atoms with E-state index in [9.17, 15) is 18.6 Å². The quantitative estimate of drug-likeness (QED) is 0.691. The summed E-state index contributed by atoms with van der Waals surface area (Å²) in [7, 11) is -3.54. The second-order valence-electron chi connectivity index (χ2n) is 7.37. The van der Waals surface area contributed by atoms with Crippen molar-refractivity contribution < 1.29 is 18.6 Å². The van der Waals surface area contributed by atoms with Crippen molar-refractivity contribution in [3.8, 4) is 0 Å². The van der Waals surface area contributed by atoms with Gasteiger partial charge in [-0.25, -0.2) is 8.42 Å². The Morgan fingerprint density at radius 2 is 1.88 bits per heavy atom. The summed E-state index contributed by atoms with van der Waals surface area (Å²) in [6.07, 6.45) is 6.16. The van der Waals surface area contributed by atoms with E-state index in [1.54, 1.807) is 24.4 Å². The summed E-state index contributed by atoms with van der Waals surface area (Å²) >= 11 is 0. The second kappa shape index (κ2) is 7.94. The lowest BCUT2D eigenvalue weighted by molar-refractivity contribution is 0.0257. The van der Waals surface area contributed by atoms with Gasteiger partial charge in [0.05, 0.1) is 22.4 Å². The largest absolute Gasteiger partial charge is 0.389 e. The van der Waals surface area contributed by atoms with Gasteiger partial charge in [0, 0.05) is 11.9 Å². The molecule has 0 spiro atoms. The van der Waals surface area contributed by atoms with Crippen molar-refractivity contribution in [1.82, 2.24) is 4.98 Å². The van der Waals surface area contributed by atoms with Gasteiger partial charge in [0.25, 0.3) is 0 Å². The van der Waals surface area contributed by atoms with E-state index in [-0.39, 0.29) is 10.6 Å². The van der Waals surface area contributed by atoms with Crippen molar-refractivity contribution in [2.75, 3.05) is 5.75 Å². The summed E-state index contributed by atoms with van der Waals surface area (Å²) in [5, 5.41) is 20.8. The van der Waals surface area contributed by atoms with E-state index in [1.807, 2.05) is 18.2 Å². The van der Waals surface area contributed by atoms with Gasteiger partial charge in [-0.2, -0.15) is 0 Å². The lowest BCUT2D eigenvalue weighted by Gasteiger charge is -2.31.